The molecule has 1 aliphatic carbocycles. The molecule has 154 valence electrons. The van der Waals surface area contributed by atoms with Gasteiger partial charge in [0.2, 0.25) is 0 Å². The van der Waals surface area contributed by atoms with Crippen LogP contribution < -0.4 is 4.74 Å². The van der Waals surface area contributed by atoms with Crippen molar-refractivity contribution in [1.29, 1.82) is 0 Å². The van der Waals surface area contributed by atoms with Crippen molar-refractivity contribution in [3.05, 3.63) is 30.3 Å². The molecule has 0 heterocycles. The third kappa shape index (κ3) is 8.66. The fourth-order valence-electron chi connectivity index (χ4n) is 4.74. The number of halogens is 1. The summed E-state index contributed by atoms with van der Waals surface area (Å²) in [7, 11) is 0. The number of hydrogen-bond donors (Lipinski definition) is 0. The van der Waals surface area contributed by atoms with E-state index in [4.69, 9.17) is 4.74 Å². The van der Waals surface area contributed by atoms with Gasteiger partial charge in [0.15, 0.2) is 0 Å². The molecule has 1 aromatic carbocycles. The average molecular weight is 377 g/mol. The number of benzene rings is 1. The highest BCUT2D eigenvalue weighted by Gasteiger charge is 2.29. The van der Waals surface area contributed by atoms with Crippen LogP contribution in [-0.2, 0) is 0 Å². The van der Waals surface area contributed by atoms with E-state index in [1.54, 1.807) is 0 Å². The Morgan fingerprint density at radius 1 is 0.963 bits per heavy atom. The van der Waals surface area contributed by atoms with Crippen molar-refractivity contribution in [2.24, 2.45) is 17.8 Å². The highest BCUT2D eigenvalue weighted by atomic mass is 19.1. The normalized spacial score (nSPS) is 22.3. The Labute approximate surface area is 167 Å². The molecule has 1 aromatic rings. The molecule has 1 nitrogen and oxygen atoms in total. The van der Waals surface area contributed by atoms with E-state index < -0.39 is 6.17 Å². The first kappa shape index (κ1) is 22.2. The summed E-state index contributed by atoms with van der Waals surface area (Å²) in [5.41, 5.74) is 0. The van der Waals surface area contributed by atoms with Crippen molar-refractivity contribution >= 4 is 0 Å². The Morgan fingerprint density at radius 2 is 1.67 bits per heavy atom. The average Bonchev–Trinajstić information content (AvgIpc) is 2.71. The molecule has 0 radical (unpaired) electrons. The van der Waals surface area contributed by atoms with Crippen molar-refractivity contribution in [3.63, 3.8) is 0 Å². The van der Waals surface area contributed by atoms with Crippen LogP contribution in [0.2, 0.25) is 0 Å². The van der Waals surface area contributed by atoms with Crippen LogP contribution in [0.25, 0.3) is 0 Å². The number of para-hydroxylation sites is 1. The molecule has 2 heteroatoms. The molecule has 2 atom stereocenters. The third-order valence-electron chi connectivity index (χ3n) is 6.44. The number of hydrogen-bond acceptors (Lipinski definition) is 1. The Balaban J connectivity index is 1.76. The van der Waals surface area contributed by atoms with Gasteiger partial charge in [-0.15, -0.1) is 0 Å². The molecule has 2 unspecified atom stereocenters. The Morgan fingerprint density at radius 3 is 2.33 bits per heavy atom. The van der Waals surface area contributed by atoms with E-state index in [2.05, 4.69) is 13.8 Å². The first-order chi connectivity index (χ1) is 13.2. The van der Waals surface area contributed by atoms with Gasteiger partial charge in [-0.2, -0.15) is 0 Å². The SMILES string of the molecule is CCCCC[C@H]1CC[C@H](C(CCCC)CC(F)COc2ccccc2)CC1. The van der Waals surface area contributed by atoms with E-state index in [0.29, 0.717) is 12.3 Å². The van der Waals surface area contributed by atoms with Gasteiger partial charge in [-0.25, -0.2) is 4.39 Å². The van der Waals surface area contributed by atoms with E-state index in [9.17, 15) is 4.39 Å². The minimum absolute atomic E-state index is 0.193. The van der Waals surface area contributed by atoms with E-state index >= 15 is 0 Å². The molecule has 1 fully saturated rings. The molecule has 1 aliphatic rings. The zero-order valence-corrected chi connectivity index (χ0v) is 17.7. The lowest BCUT2D eigenvalue weighted by Gasteiger charge is -2.35. The maximum atomic E-state index is 14.7. The van der Waals surface area contributed by atoms with E-state index in [1.165, 1.54) is 70.6 Å². The molecular weight excluding hydrogens is 335 g/mol. The zero-order valence-electron chi connectivity index (χ0n) is 17.7. The van der Waals surface area contributed by atoms with Crippen molar-refractivity contribution in [3.8, 4) is 5.75 Å². The van der Waals surface area contributed by atoms with Crippen LogP contribution >= 0.6 is 0 Å². The molecular formula is C25H41FO. The molecule has 0 aliphatic heterocycles. The summed E-state index contributed by atoms with van der Waals surface area (Å²) in [5, 5.41) is 0. The van der Waals surface area contributed by atoms with Crippen LogP contribution in [0.5, 0.6) is 5.75 Å². The molecule has 2 rings (SSSR count). The van der Waals surface area contributed by atoms with Gasteiger partial charge in [0.05, 0.1) is 0 Å². The highest BCUT2D eigenvalue weighted by molar-refractivity contribution is 5.20. The van der Waals surface area contributed by atoms with Crippen LogP contribution in [0.1, 0.15) is 90.9 Å². The monoisotopic (exact) mass is 376 g/mol. The van der Waals surface area contributed by atoms with Crippen molar-refractivity contribution in [1.82, 2.24) is 0 Å². The van der Waals surface area contributed by atoms with E-state index in [-0.39, 0.29) is 6.61 Å². The molecule has 0 bridgehead atoms. The topological polar surface area (TPSA) is 9.23 Å². The predicted molar refractivity (Wildman–Crippen MR) is 114 cm³/mol. The molecule has 0 amide bonds. The minimum atomic E-state index is -0.852. The number of alkyl halides is 1. The van der Waals surface area contributed by atoms with E-state index in [1.807, 2.05) is 30.3 Å². The van der Waals surface area contributed by atoms with Gasteiger partial charge in [-0.1, -0.05) is 89.8 Å². The maximum Gasteiger partial charge on any atom is 0.134 e. The Kier molecular flexibility index (Phi) is 10.9. The summed E-state index contributed by atoms with van der Waals surface area (Å²) < 4.78 is 20.3. The summed E-state index contributed by atoms with van der Waals surface area (Å²) in [6.45, 7) is 4.72. The predicted octanol–water partition coefficient (Wildman–Crippen LogP) is 7.99. The lowest BCUT2D eigenvalue weighted by molar-refractivity contribution is 0.119. The van der Waals surface area contributed by atoms with Crippen LogP contribution in [0.3, 0.4) is 0 Å². The van der Waals surface area contributed by atoms with E-state index in [0.717, 1.165) is 17.6 Å². The summed E-state index contributed by atoms with van der Waals surface area (Å²) in [4.78, 5) is 0. The molecule has 0 spiro atoms. The van der Waals surface area contributed by atoms with Gasteiger partial charge >= 0.3 is 0 Å². The second-order valence-corrected chi connectivity index (χ2v) is 8.64. The molecule has 0 saturated heterocycles. The van der Waals surface area contributed by atoms with Gasteiger partial charge < -0.3 is 4.74 Å². The molecule has 27 heavy (non-hydrogen) atoms. The lowest BCUT2D eigenvalue weighted by Crippen LogP contribution is -2.26. The second kappa shape index (κ2) is 13.2. The number of ether oxygens (including phenoxy) is 1. The zero-order chi connectivity index (χ0) is 19.3. The maximum absolute atomic E-state index is 14.7. The number of rotatable bonds is 13. The smallest absolute Gasteiger partial charge is 0.134 e. The van der Waals surface area contributed by atoms with Gasteiger partial charge in [-0.3, -0.25) is 0 Å². The van der Waals surface area contributed by atoms with Crippen molar-refractivity contribution < 1.29 is 9.13 Å². The number of unbranched alkanes of at least 4 members (excludes halogenated alkanes) is 3. The summed E-state index contributed by atoms with van der Waals surface area (Å²) in [6.07, 6.45) is 14.3. The van der Waals surface area contributed by atoms with Crippen LogP contribution in [0.15, 0.2) is 30.3 Å². The third-order valence-corrected chi connectivity index (χ3v) is 6.44. The van der Waals surface area contributed by atoms with Crippen molar-refractivity contribution in [2.75, 3.05) is 6.61 Å². The van der Waals surface area contributed by atoms with Crippen LogP contribution in [-0.4, -0.2) is 12.8 Å². The summed E-state index contributed by atoms with van der Waals surface area (Å²) in [5.74, 6) is 2.98. The molecule has 0 aromatic heterocycles. The lowest BCUT2D eigenvalue weighted by atomic mass is 9.72. The Hall–Kier alpha value is -1.05. The first-order valence-electron chi connectivity index (χ1n) is 11.5. The largest absolute Gasteiger partial charge is 0.491 e. The van der Waals surface area contributed by atoms with Gasteiger partial charge in [0, 0.05) is 0 Å². The molecule has 1 saturated carbocycles. The Bertz CT molecular complexity index is 466. The summed E-state index contributed by atoms with van der Waals surface area (Å²) in [6, 6.07) is 9.64. The van der Waals surface area contributed by atoms with Gasteiger partial charge in [-0.05, 0) is 49.1 Å². The minimum Gasteiger partial charge on any atom is -0.491 e. The quantitative estimate of drug-likeness (QED) is 0.317. The van der Waals surface area contributed by atoms with Gasteiger partial charge in [0.1, 0.15) is 18.5 Å². The summed E-state index contributed by atoms with van der Waals surface area (Å²) >= 11 is 0. The highest BCUT2D eigenvalue weighted by Crippen LogP contribution is 2.39. The second-order valence-electron chi connectivity index (χ2n) is 8.64. The van der Waals surface area contributed by atoms with Crippen LogP contribution in [0.4, 0.5) is 4.39 Å². The first-order valence-corrected chi connectivity index (χ1v) is 11.5. The van der Waals surface area contributed by atoms with Crippen LogP contribution in [0, 0.1) is 17.8 Å². The standard InChI is InChI=1S/C25H41FO/c1-3-5-8-11-21-15-17-22(18-16-21)23(12-6-4-2)19-24(26)20-27-25-13-9-7-10-14-25/h7,9-10,13-14,21-24H,3-6,8,11-12,15-20H2,1-2H3/t21-,22-,23?,24?. The van der Waals surface area contributed by atoms with Gasteiger partial charge in [0.25, 0.3) is 0 Å². The fraction of sp³-hybridized carbons (Fsp3) is 0.760. The molecule has 0 N–H and O–H groups in total. The van der Waals surface area contributed by atoms with Crippen molar-refractivity contribution in [2.45, 2.75) is 97.1 Å². The fourth-order valence-corrected chi connectivity index (χ4v) is 4.74.